The number of hydrogen-bond acceptors (Lipinski definition) is 1. The van der Waals surface area contributed by atoms with Crippen molar-refractivity contribution in [3.63, 3.8) is 0 Å². The van der Waals surface area contributed by atoms with E-state index in [9.17, 15) is 0 Å². The van der Waals surface area contributed by atoms with Crippen molar-refractivity contribution >= 4 is 29.2 Å². The van der Waals surface area contributed by atoms with Gasteiger partial charge >= 0.3 is 0 Å². The summed E-state index contributed by atoms with van der Waals surface area (Å²) >= 11 is 0. The van der Waals surface area contributed by atoms with E-state index in [0.29, 0.717) is 0 Å². The Morgan fingerprint density at radius 3 is 2.58 bits per heavy atom. The van der Waals surface area contributed by atoms with Crippen LogP contribution < -0.4 is 0 Å². The van der Waals surface area contributed by atoms with Crippen molar-refractivity contribution in [2.75, 3.05) is 13.1 Å². The zero-order valence-corrected chi connectivity index (χ0v) is 12.0. The maximum absolute atomic E-state index is 2.60. The van der Waals surface area contributed by atoms with E-state index in [-0.39, 0.29) is 0 Å². The predicted molar refractivity (Wildman–Crippen MR) is 85.5 cm³/mol. The normalized spacial score (nSPS) is 17.1. The van der Waals surface area contributed by atoms with E-state index in [4.69, 9.17) is 0 Å². The Bertz CT molecular complexity index is 722. The average molecular weight is 267 g/mol. The van der Waals surface area contributed by atoms with E-state index in [1.807, 2.05) is 0 Å². The third-order valence-corrected chi connectivity index (χ3v) is 5.60. The highest BCUT2D eigenvalue weighted by Crippen LogP contribution is 2.39. The summed E-state index contributed by atoms with van der Waals surface area (Å²) in [6, 6.07) is 15.8. The lowest BCUT2D eigenvalue weighted by Crippen LogP contribution is -2.18. The summed E-state index contributed by atoms with van der Waals surface area (Å²) < 4.78 is 0. The van der Waals surface area contributed by atoms with Crippen LogP contribution in [0.25, 0.3) is 21.0 Å². The topological polar surface area (TPSA) is 3.24 Å². The molecule has 1 unspecified atom stereocenters. The SMILES string of the molecule is c1ccc2c(c1)[pH]c1cccc(CN3CCCC3)c12. The van der Waals surface area contributed by atoms with Crippen molar-refractivity contribution in [3.8, 4) is 0 Å². The van der Waals surface area contributed by atoms with Crippen molar-refractivity contribution in [3.05, 3.63) is 48.0 Å². The van der Waals surface area contributed by atoms with Gasteiger partial charge in [-0.15, -0.1) is 8.19 Å². The fraction of sp³-hybridized carbons (Fsp3) is 0.294. The molecule has 0 radical (unpaired) electrons. The molecule has 1 nitrogen and oxygen atoms in total. The van der Waals surface area contributed by atoms with Gasteiger partial charge in [-0.1, -0.05) is 42.5 Å². The maximum atomic E-state index is 2.60. The van der Waals surface area contributed by atoms with Gasteiger partial charge in [-0.25, -0.2) is 0 Å². The number of rotatable bonds is 2. The van der Waals surface area contributed by atoms with Crippen LogP contribution in [0.5, 0.6) is 0 Å². The Morgan fingerprint density at radius 1 is 0.895 bits per heavy atom. The van der Waals surface area contributed by atoms with Crippen molar-refractivity contribution in [1.29, 1.82) is 0 Å². The molecule has 2 aromatic carbocycles. The molecule has 0 aliphatic carbocycles. The van der Waals surface area contributed by atoms with Gasteiger partial charge in [-0.05, 0) is 52.5 Å². The molecule has 2 heteroatoms. The standard InChI is InChI=1S/C17H18NP/c1-2-8-15-14(7-1)17-13(6-5-9-16(17)19-15)12-18-10-3-4-11-18/h1-2,5-9,19H,3-4,10-12H2. The van der Waals surface area contributed by atoms with E-state index in [1.54, 1.807) is 0 Å². The Kier molecular flexibility index (Phi) is 2.83. The third kappa shape index (κ3) is 1.98. The summed E-state index contributed by atoms with van der Waals surface area (Å²) in [5.74, 6) is 0. The largest absolute Gasteiger partial charge is 0.299 e. The second kappa shape index (κ2) is 4.67. The Labute approximate surface area is 115 Å². The molecule has 1 atom stereocenters. The fourth-order valence-electron chi connectivity index (χ4n) is 3.29. The van der Waals surface area contributed by atoms with Gasteiger partial charge < -0.3 is 0 Å². The minimum absolute atomic E-state index is 0.842. The first-order chi connectivity index (χ1) is 9.42. The monoisotopic (exact) mass is 267 g/mol. The highest BCUT2D eigenvalue weighted by molar-refractivity contribution is 7.43. The van der Waals surface area contributed by atoms with E-state index >= 15 is 0 Å². The smallest absolute Gasteiger partial charge is 0.0240 e. The van der Waals surface area contributed by atoms with Crippen molar-refractivity contribution in [2.45, 2.75) is 19.4 Å². The summed E-state index contributed by atoms with van der Waals surface area (Å²) in [5, 5.41) is 6.07. The van der Waals surface area contributed by atoms with Gasteiger partial charge in [0, 0.05) is 6.54 Å². The van der Waals surface area contributed by atoms with Gasteiger partial charge in [0.25, 0.3) is 0 Å². The summed E-state index contributed by atoms with van der Waals surface area (Å²) in [6.45, 7) is 3.67. The zero-order chi connectivity index (χ0) is 12.7. The molecule has 0 amide bonds. The zero-order valence-electron chi connectivity index (χ0n) is 11.0. The second-order valence-electron chi connectivity index (χ2n) is 5.49. The number of benzene rings is 2. The van der Waals surface area contributed by atoms with Gasteiger partial charge in [0.2, 0.25) is 0 Å². The molecule has 0 bridgehead atoms. The lowest BCUT2D eigenvalue weighted by Gasteiger charge is -2.15. The molecule has 1 aliphatic rings. The predicted octanol–water partition coefficient (Wildman–Crippen LogP) is 4.62. The van der Waals surface area contributed by atoms with Crippen LogP contribution >= 0.6 is 8.19 Å². The molecule has 1 aliphatic heterocycles. The number of nitrogens with zero attached hydrogens (tertiary/aromatic N) is 1. The highest BCUT2D eigenvalue weighted by atomic mass is 31.0. The van der Waals surface area contributed by atoms with Crippen molar-refractivity contribution in [2.24, 2.45) is 0 Å². The number of likely N-dealkylation sites (tertiary alicyclic amines) is 1. The summed E-state index contributed by atoms with van der Waals surface area (Å²) in [6.07, 6.45) is 2.74. The maximum Gasteiger partial charge on any atom is 0.0240 e. The van der Waals surface area contributed by atoms with E-state index in [1.165, 1.54) is 52.5 Å². The first-order valence-electron chi connectivity index (χ1n) is 7.12. The van der Waals surface area contributed by atoms with Crippen LogP contribution in [-0.2, 0) is 6.54 Å². The molecule has 3 aromatic rings. The van der Waals surface area contributed by atoms with Crippen LogP contribution in [-0.4, -0.2) is 18.0 Å². The van der Waals surface area contributed by atoms with Gasteiger partial charge in [-0.2, -0.15) is 0 Å². The van der Waals surface area contributed by atoms with E-state index < -0.39 is 0 Å². The fourth-order valence-corrected chi connectivity index (χ4v) is 4.70. The second-order valence-corrected chi connectivity index (χ2v) is 6.82. The molecule has 0 saturated carbocycles. The molecule has 1 saturated heterocycles. The van der Waals surface area contributed by atoms with Crippen molar-refractivity contribution in [1.82, 2.24) is 4.90 Å². The first kappa shape index (κ1) is 11.5. The molecular weight excluding hydrogens is 249 g/mol. The first-order valence-corrected chi connectivity index (χ1v) is 8.12. The minimum Gasteiger partial charge on any atom is -0.299 e. The molecule has 0 spiro atoms. The Morgan fingerprint density at radius 2 is 1.68 bits per heavy atom. The molecule has 19 heavy (non-hydrogen) atoms. The summed E-state index contributed by atoms with van der Waals surface area (Å²) in [7, 11) is 0.842. The minimum atomic E-state index is 0.842. The molecule has 1 fully saturated rings. The van der Waals surface area contributed by atoms with Crippen molar-refractivity contribution < 1.29 is 0 Å². The average Bonchev–Trinajstić information content (AvgIpc) is 3.05. The lowest BCUT2D eigenvalue weighted by molar-refractivity contribution is 0.333. The Balaban J connectivity index is 1.89. The molecular formula is C17H18NP. The molecule has 4 rings (SSSR count). The van der Waals surface area contributed by atoms with Gasteiger partial charge in [-0.3, -0.25) is 4.90 Å². The molecule has 2 heterocycles. The number of fused-ring (bicyclic) bond motifs is 3. The van der Waals surface area contributed by atoms with Crippen LogP contribution in [0.1, 0.15) is 18.4 Å². The van der Waals surface area contributed by atoms with Crippen LogP contribution in [0, 0.1) is 0 Å². The van der Waals surface area contributed by atoms with Crippen LogP contribution in [0.4, 0.5) is 0 Å². The molecule has 1 aromatic heterocycles. The highest BCUT2D eigenvalue weighted by Gasteiger charge is 2.14. The third-order valence-electron chi connectivity index (χ3n) is 4.21. The van der Waals surface area contributed by atoms with Crippen LogP contribution in [0.2, 0.25) is 0 Å². The summed E-state index contributed by atoms with van der Waals surface area (Å²) in [4.78, 5) is 2.60. The quantitative estimate of drug-likeness (QED) is 0.655. The van der Waals surface area contributed by atoms with Gasteiger partial charge in [0.05, 0.1) is 0 Å². The van der Waals surface area contributed by atoms with Crippen LogP contribution in [0.3, 0.4) is 0 Å². The van der Waals surface area contributed by atoms with E-state index in [0.717, 1.165) is 14.7 Å². The van der Waals surface area contributed by atoms with Gasteiger partial charge in [0.15, 0.2) is 0 Å². The number of hydrogen-bond donors (Lipinski definition) is 0. The summed E-state index contributed by atoms with van der Waals surface area (Å²) in [5.41, 5.74) is 1.52. The van der Waals surface area contributed by atoms with Crippen LogP contribution in [0.15, 0.2) is 42.5 Å². The lowest BCUT2D eigenvalue weighted by atomic mass is 10.1. The van der Waals surface area contributed by atoms with Gasteiger partial charge in [0.1, 0.15) is 0 Å². The molecule has 0 N–H and O–H groups in total. The van der Waals surface area contributed by atoms with E-state index in [2.05, 4.69) is 47.4 Å². The Hall–Kier alpha value is -1.30. The molecule has 96 valence electrons.